The Morgan fingerprint density at radius 2 is 1.81 bits per heavy atom. The van der Waals surface area contributed by atoms with Crippen molar-refractivity contribution in [3.63, 3.8) is 0 Å². The molecule has 4 aromatic rings. The van der Waals surface area contributed by atoms with Crippen molar-refractivity contribution in [2.45, 2.75) is 13.8 Å². The fourth-order valence-corrected chi connectivity index (χ4v) is 2.93. The minimum atomic E-state index is -0.145. The van der Waals surface area contributed by atoms with E-state index in [1.54, 1.807) is 12.3 Å². The number of aromatic nitrogens is 2. The molecule has 1 N–H and O–H groups in total. The number of benzene rings is 2. The van der Waals surface area contributed by atoms with Crippen molar-refractivity contribution in [3.8, 4) is 11.5 Å². The van der Waals surface area contributed by atoms with Crippen LogP contribution in [-0.2, 0) is 0 Å². The van der Waals surface area contributed by atoms with Gasteiger partial charge in [0.25, 0.3) is 5.91 Å². The minimum Gasteiger partial charge on any atom is -0.434 e. The molecule has 0 saturated heterocycles. The number of hydrogen-bond acceptors (Lipinski definition) is 4. The molecule has 1 amide bonds. The predicted molar refractivity (Wildman–Crippen MR) is 101 cm³/mol. The van der Waals surface area contributed by atoms with Gasteiger partial charge in [0.2, 0.25) is 5.89 Å². The Hall–Kier alpha value is -3.47. The van der Waals surface area contributed by atoms with Crippen molar-refractivity contribution < 1.29 is 9.21 Å². The van der Waals surface area contributed by atoms with Crippen molar-refractivity contribution in [3.05, 3.63) is 77.5 Å². The van der Waals surface area contributed by atoms with Crippen LogP contribution >= 0.6 is 0 Å². The lowest BCUT2D eigenvalue weighted by atomic mass is 10.1. The average Bonchev–Trinajstić information content (AvgIpc) is 3.05. The number of nitrogens with one attached hydrogen (secondary N) is 1. The maximum Gasteiger partial charge on any atom is 0.255 e. The fourth-order valence-electron chi connectivity index (χ4n) is 2.93. The van der Waals surface area contributed by atoms with Gasteiger partial charge in [0.05, 0.1) is 0 Å². The summed E-state index contributed by atoms with van der Waals surface area (Å²) >= 11 is 0. The van der Waals surface area contributed by atoms with Crippen LogP contribution in [0.5, 0.6) is 0 Å². The molecular weight excluding hydrogens is 326 g/mol. The number of fused-ring (bicyclic) bond motifs is 1. The van der Waals surface area contributed by atoms with Gasteiger partial charge in [-0.25, -0.2) is 4.98 Å². The number of oxazole rings is 1. The normalized spacial score (nSPS) is 10.8. The highest BCUT2D eigenvalue weighted by Gasteiger charge is 2.11. The highest BCUT2D eigenvalue weighted by Crippen LogP contribution is 2.25. The van der Waals surface area contributed by atoms with Gasteiger partial charge in [-0.05, 0) is 56.3 Å². The number of hydrogen-bond donors (Lipinski definition) is 1. The molecule has 5 heteroatoms. The first-order valence-corrected chi connectivity index (χ1v) is 8.30. The van der Waals surface area contributed by atoms with Gasteiger partial charge in [-0.1, -0.05) is 23.3 Å². The highest BCUT2D eigenvalue weighted by molar-refractivity contribution is 6.04. The largest absolute Gasteiger partial charge is 0.434 e. The van der Waals surface area contributed by atoms with Gasteiger partial charge in [0.1, 0.15) is 0 Å². The second-order valence-electron chi connectivity index (χ2n) is 6.26. The third-order valence-corrected chi connectivity index (χ3v) is 4.02. The molecule has 2 aromatic carbocycles. The molecule has 4 rings (SSSR count). The predicted octanol–water partition coefficient (Wildman–Crippen LogP) is 4.76. The van der Waals surface area contributed by atoms with Crippen molar-refractivity contribution >= 4 is 22.8 Å². The summed E-state index contributed by atoms with van der Waals surface area (Å²) in [5.74, 6) is 0.328. The Labute approximate surface area is 150 Å². The maximum absolute atomic E-state index is 12.5. The zero-order chi connectivity index (χ0) is 18.1. The molecule has 0 aliphatic heterocycles. The van der Waals surface area contributed by atoms with Crippen LogP contribution in [0.4, 0.5) is 5.69 Å². The summed E-state index contributed by atoms with van der Waals surface area (Å²) in [6.45, 7) is 3.96. The summed E-state index contributed by atoms with van der Waals surface area (Å²) in [6, 6.07) is 16.8. The number of nitrogens with zero attached hydrogens (tertiary/aromatic N) is 2. The van der Waals surface area contributed by atoms with Crippen LogP contribution in [-0.4, -0.2) is 15.9 Å². The van der Waals surface area contributed by atoms with Crippen LogP contribution in [0.2, 0.25) is 0 Å². The van der Waals surface area contributed by atoms with Crippen LogP contribution in [0.25, 0.3) is 22.7 Å². The van der Waals surface area contributed by atoms with Crippen molar-refractivity contribution in [2.75, 3.05) is 5.32 Å². The van der Waals surface area contributed by atoms with E-state index in [1.165, 1.54) is 0 Å². The molecule has 0 saturated carbocycles. The van der Waals surface area contributed by atoms with Gasteiger partial charge in [-0.3, -0.25) is 4.79 Å². The first-order chi connectivity index (χ1) is 12.6. The number of carbonyl (C=O) groups is 1. The first-order valence-electron chi connectivity index (χ1n) is 8.30. The molecule has 0 aliphatic carbocycles. The summed E-state index contributed by atoms with van der Waals surface area (Å²) < 4.78 is 5.74. The number of rotatable bonds is 3. The van der Waals surface area contributed by atoms with E-state index in [9.17, 15) is 4.79 Å². The molecule has 0 aliphatic rings. The quantitative estimate of drug-likeness (QED) is 0.582. The van der Waals surface area contributed by atoms with E-state index in [4.69, 9.17) is 4.42 Å². The summed E-state index contributed by atoms with van der Waals surface area (Å²) in [5.41, 5.74) is 5.41. The zero-order valence-electron chi connectivity index (χ0n) is 14.5. The second-order valence-corrected chi connectivity index (χ2v) is 6.26. The van der Waals surface area contributed by atoms with E-state index in [-0.39, 0.29) is 5.91 Å². The monoisotopic (exact) mass is 343 g/mol. The van der Waals surface area contributed by atoms with E-state index in [0.29, 0.717) is 28.4 Å². The van der Waals surface area contributed by atoms with Gasteiger partial charge in [-0.2, -0.15) is 4.98 Å². The maximum atomic E-state index is 12.5. The summed E-state index contributed by atoms with van der Waals surface area (Å²) in [6.07, 6.45) is 1.68. The number of anilines is 1. The molecule has 2 heterocycles. The van der Waals surface area contributed by atoms with Gasteiger partial charge in [0.15, 0.2) is 11.2 Å². The Morgan fingerprint density at radius 1 is 1.00 bits per heavy atom. The van der Waals surface area contributed by atoms with Gasteiger partial charge in [-0.15, -0.1) is 0 Å². The summed E-state index contributed by atoms with van der Waals surface area (Å²) in [5, 5.41) is 2.93. The molecule has 0 bridgehead atoms. The van der Waals surface area contributed by atoms with Crippen molar-refractivity contribution in [1.82, 2.24) is 9.97 Å². The lowest BCUT2D eigenvalue weighted by molar-refractivity contribution is 0.102. The molecule has 2 aromatic heterocycles. The number of amides is 1. The summed E-state index contributed by atoms with van der Waals surface area (Å²) in [7, 11) is 0. The van der Waals surface area contributed by atoms with Crippen molar-refractivity contribution in [2.24, 2.45) is 0 Å². The highest BCUT2D eigenvalue weighted by atomic mass is 16.3. The molecule has 0 unspecified atom stereocenters. The van der Waals surface area contributed by atoms with E-state index in [2.05, 4.69) is 15.3 Å². The Morgan fingerprint density at radius 3 is 2.58 bits per heavy atom. The lowest BCUT2D eigenvalue weighted by Gasteiger charge is -2.08. The number of pyridine rings is 1. The molecule has 0 radical (unpaired) electrons. The lowest BCUT2D eigenvalue weighted by Crippen LogP contribution is -2.12. The van der Waals surface area contributed by atoms with Crippen LogP contribution < -0.4 is 5.32 Å². The molecule has 128 valence electrons. The average molecular weight is 343 g/mol. The third-order valence-electron chi connectivity index (χ3n) is 4.02. The third kappa shape index (κ3) is 3.19. The number of carbonyl (C=O) groups excluding carboxylic acids is 1. The van der Waals surface area contributed by atoms with E-state index < -0.39 is 0 Å². The van der Waals surface area contributed by atoms with E-state index >= 15 is 0 Å². The molecule has 0 spiro atoms. The molecular formula is C21H17N3O2. The standard InChI is InChI=1S/C21H17N3O2/c1-13-9-14(2)11-16(10-13)20(25)23-17-6-3-5-15(12-17)21-24-19-18(26-21)7-4-8-22-19/h3-12H,1-2H3,(H,23,25). The smallest absolute Gasteiger partial charge is 0.255 e. The topological polar surface area (TPSA) is 68.0 Å². The molecule has 0 atom stereocenters. The summed E-state index contributed by atoms with van der Waals surface area (Å²) in [4.78, 5) is 21.1. The van der Waals surface area contributed by atoms with Crippen LogP contribution in [0, 0.1) is 13.8 Å². The minimum absolute atomic E-state index is 0.145. The fraction of sp³-hybridized carbons (Fsp3) is 0.0952. The molecule has 26 heavy (non-hydrogen) atoms. The Bertz CT molecular complexity index is 1060. The van der Waals surface area contributed by atoms with Crippen LogP contribution in [0.3, 0.4) is 0 Å². The van der Waals surface area contributed by atoms with Gasteiger partial charge >= 0.3 is 0 Å². The molecule has 0 fully saturated rings. The van der Waals surface area contributed by atoms with E-state index in [0.717, 1.165) is 16.7 Å². The first kappa shape index (κ1) is 16.0. The molecule has 5 nitrogen and oxygen atoms in total. The zero-order valence-corrected chi connectivity index (χ0v) is 14.5. The van der Waals surface area contributed by atoms with Crippen LogP contribution in [0.15, 0.2) is 65.2 Å². The van der Waals surface area contributed by atoms with Crippen molar-refractivity contribution in [1.29, 1.82) is 0 Å². The van der Waals surface area contributed by atoms with Gasteiger partial charge in [0, 0.05) is 23.0 Å². The van der Waals surface area contributed by atoms with Gasteiger partial charge < -0.3 is 9.73 Å². The Kier molecular flexibility index (Phi) is 3.97. The number of aryl methyl sites for hydroxylation is 2. The van der Waals surface area contributed by atoms with E-state index in [1.807, 2.05) is 62.4 Å². The SMILES string of the molecule is Cc1cc(C)cc(C(=O)Nc2cccc(-c3nc4ncccc4o3)c2)c1. The van der Waals surface area contributed by atoms with Crippen LogP contribution in [0.1, 0.15) is 21.5 Å². The second kappa shape index (κ2) is 6.44. The Balaban J connectivity index is 1.62.